The Balaban J connectivity index is 2.01. The molecule has 0 amide bonds. The Morgan fingerprint density at radius 3 is 2.83 bits per heavy atom. The van der Waals surface area contributed by atoms with Crippen molar-refractivity contribution in [2.24, 2.45) is 5.41 Å². The molecule has 1 aliphatic heterocycles. The maximum atomic E-state index is 9.54. The standard InChI is InChI=1S/C13H22N4O/c1-13(2,3)8-14-11-6-12(16-9-15-11)17-5-4-10(18)7-17/h6,9-10,18H,4-5,7-8H2,1-3H3,(H,14,15,16). The molecule has 5 heteroatoms. The van der Waals surface area contributed by atoms with E-state index in [1.54, 1.807) is 6.33 Å². The predicted octanol–water partition coefficient (Wildman–Crippen LogP) is 1.51. The summed E-state index contributed by atoms with van der Waals surface area (Å²) in [6.45, 7) is 8.93. The molecule has 1 aromatic rings. The second-order valence-corrected chi connectivity index (χ2v) is 6.06. The average Bonchev–Trinajstić information content (AvgIpc) is 2.73. The molecule has 1 aliphatic rings. The van der Waals surface area contributed by atoms with Gasteiger partial charge in [-0.25, -0.2) is 9.97 Å². The number of aliphatic hydroxyl groups is 1. The second kappa shape index (κ2) is 5.10. The van der Waals surface area contributed by atoms with Crippen LogP contribution in [0.3, 0.4) is 0 Å². The summed E-state index contributed by atoms with van der Waals surface area (Å²) in [5.74, 6) is 1.73. The number of β-amino-alcohol motifs (C(OH)–C–C–N with tert-alkyl or cyclic N) is 1. The summed E-state index contributed by atoms with van der Waals surface area (Å²) in [6.07, 6.45) is 2.16. The number of nitrogens with zero attached hydrogens (tertiary/aromatic N) is 3. The zero-order valence-corrected chi connectivity index (χ0v) is 11.3. The van der Waals surface area contributed by atoms with Crippen molar-refractivity contribution in [1.82, 2.24) is 9.97 Å². The van der Waals surface area contributed by atoms with Gasteiger partial charge in [-0.05, 0) is 11.8 Å². The molecular formula is C13H22N4O. The van der Waals surface area contributed by atoms with Crippen LogP contribution in [0.4, 0.5) is 11.6 Å². The minimum absolute atomic E-state index is 0.217. The van der Waals surface area contributed by atoms with Gasteiger partial charge in [-0.2, -0.15) is 0 Å². The smallest absolute Gasteiger partial charge is 0.134 e. The van der Waals surface area contributed by atoms with Crippen LogP contribution in [0.2, 0.25) is 0 Å². The van der Waals surface area contributed by atoms with Gasteiger partial charge < -0.3 is 15.3 Å². The zero-order valence-electron chi connectivity index (χ0n) is 11.3. The Kier molecular flexibility index (Phi) is 3.71. The molecule has 1 atom stereocenters. The molecule has 0 bridgehead atoms. The van der Waals surface area contributed by atoms with Gasteiger partial charge in [0.2, 0.25) is 0 Å². The number of nitrogens with one attached hydrogen (secondary N) is 1. The highest BCUT2D eigenvalue weighted by Crippen LogP contribution is 2.20. The molecule has 100 valence electrons. The molecule has 5 nitrogen and oxygen atoms in total. The van der Waals surface area contributed by atoms with Crippen LogP contribution in [-0.4, -0.2) is 40.8 Å². The van der Waals surface area contributed by atoms with Crippen LogP contribution < -0.4 is 10.2 Å². The Bertz CT molecular complexity index is 402. The summed E-state index contributed by atoms with van der Waals surface area (Å²) in [6, 6.07) is 1.95. The van der Waals surface area contributed by atoms with E-state index in [0.29, 0.717) is 6.54 Å². The number of hydrogen-bond acceptors (Lipinski definition) is 5. The number of aliphatic hydroxyl groups excluding tert-OH is 1. The SMILES string of the molecule is CC(C)(C)CNc1cc(N2CCC(O)C2)ncn1. The second-order valence-electron chi connectivity index (χ2n) is 6.06. The maximum absolute atomic E-state index is 9.54. The van der Waals surface area contributed by atoms with Crippen LogP contribution >= 0.6 is 0 Å². The van der Waals surface area contributed by atoms with Gasteiger partial charge in [-0.3, -0.25) is 0 Å². The van der Waals surface area contributed by atoms with Gasteiger partial charge in [-0.1, -0.05) is 20.8 Å². The molecule has 1 unspecified atom stereocenters. The molecule has 1 aromatic heterocycles. The van der Waals surface area contributed by atoms with E-state index in [1.807, 2.05) is 6.07 Å². The molecule has 0 saturated carbocycles. The molecule has 18 heavy (non-hydrogen) atoms. The van der Waals surface area contributed by atoms with Gasteiger partial charge in [0.25, 0.3) is 0 Å². The van der Waals surface area contributed by atoms with Crippen LogP contribution in [0.1, 0.15) is 27.2 Å². The molecule has 0 spiro atoms. The van der Waals surface area contributed by atoms with E-state index in [0.717, 1.165) is 31.1 Å². The topological polar surface area (TPSA) is 61.3 Å². The third-order valence-corrected chi connectivity index (χ3v) is 2.94. The molecule has 2 heterocycles. The number of anilines is 2. The quantitative estimate of drug-likeness (QED) is 0.851. The summed E-state index contributed by atoms with van der Waals surface area (Å²) >= 11 is 0. The van der Waals surface area contributed by atoms with E-state index in [1.165, 1.54) is 0 Å². The summed E-state index contributed by atoms with van der Waals surface area (Å²) < 4.78 is 0. The van der Waals surface area contributed by atoms with E-state index < -0.39 is 0 Å². The molecular weight excluding hydrogens is 228 g/mol. The normalized spacial score (nSPS) is 20.2. The van der Waals surface area contributed by atoms with Crippen molar-refractivity contribution in [2.75, 3.05) is 29.9 Å². The van der Waals surface area contributed by atoms with E-state index in [2.05, 4.69) is 41.0 Å². The fourth-order valence-corrected chi connectivity index (χ4v) is 1.92. The first-order valence-electron chi connectivity index (χ1n) is 6.43. The highest BCUT2D eigenvalue weighted by Gasteiger charge is 2.21. The van der Waals surface area contributed by atoms with Gasteiger partial charge in [-0.15, -0.1) is 0 Å². The zero-order chi connectivity index (χ0) is 13.2. The van der Waals surface area contributed by atoms with Crippen LogP contribution in [0.5, 0.6) is 0 Å². The largest absolute Gasteiger partial charge is 0.391 e. The maximum Gasteiger partial charge on any atom is 0.134 e. The van der Waals surface area contributed by atoms with Gasteiger partial charge in [0.15, 0.2) is 0 Å². The van der Waals surface area contributed by atoms with Crippen molar-refractivity contribution < 1.29 is 5.11 Å². The third kappa shape index (κ3) is 3.57. The summed E-state index contributed by atoms with van der Waals surface area (Å²) in [5, 5.41) is 12.9. The lowest BCUT2D eigenvalue weighted by atomic mass is 9.97. The van der Waals surface area contributed by atoms with Crippen LogP contribution in [0.25, 0.3) is 0 Å². The van der Waals surface area contributed by atoms with Crippen molar-refractivity contribution in [2.45, 2.75) is 33.3 Å². The van der Waals surface area contributed by atoms with Crippen molar-refractivity contribution in [3.8, 4) is 0 Å². The molecule has 0 radical (unpaired) electrons. The molecule has 1 saturated heterocycles. The number of rotatable bonds is 3. The van der Waals surface area contributed by atoms with E-state index >= 15 is 0 Å². The van der Waals surface area contributed by atoms with Gasteiger partial charge in [0.05, 0.1) is 6.10 Å². The number of aromatic nitrogens is 2. The highest BCUT2D eigenvalue weighted by molar-refractivity contribution is 5.49. The lowest BCUT2D eigenvalue weighted by Gasteiger charge is -2.20. The minimum atomic E-state index is -0.231. The van der Waals surface area contributed by atoms with Crippen molar-refractivity contribution in [3.63, 3.8) is 0 Å². The Morgan fingerprint density at radius 2 is 2.22 bits per heavy atom. The first-order chi connectivity index (χ1) is 8.44. The van der Waals surface area contributed by atoms with Crippen molar-refractivity contribution in [3.05, 3.63) is 12.4 Å². The van der Waals surface area contributed by atoms with E-state index in [-0.39, 0.29) is 11.5 Å². The molecule has 0 aliphatic carbocycles. The summed E-state index contributed by atoms with van der Waals surface area (Å²) in [7, 11) is 0. The lowest BCUT2D eigenvalue weighted by molar-refractivity contribution is 0.198. The Morgan fingerprint density at radius 1 is 1.44 bits per heavy atom. The average molecular weight is 250 g/mol. The van der Waals surface area contributed by atoms with E-state index in [4.69, 9.17) is 0 Å². The van der Waals surface area contributed by atoms with Crippen LogP contribution in [-0.2, 0) is 0 Å². The van der Waals surface area contributed by atoms with Gasteiger partial charge in [0.1, 0.15) is 18.0 Å². The van der Waals surface area contributed by atoms with Crippen LogP contribution in [0.15, 0.2) is 12.4 Å². The summed E-state index contributed by atoms with van der Waals surface area (Å²) in [5.41, 5.74) is 0.217. The van der Waals surface area contributed by atoms with Gasteiger partial charge >= 0.3 is 0 Å². The van der Waals surface area contributed by atoms with E-state index in [9.17, 15) is 5.11 Å². The molecule has 1 fully saturated rings. The monoisotopic (exact) mass is 250 g/mol. The molecule has 2 N–H and O–H groups in total. The van der Waals surface area contributed by atoms with Crippen molar-refractivity contribution >= 4 is 11.6 Å². The van der Waals surface area contributed by atoms with Gasteiger partial charge in [0, 0.05) is 25.7 Å². The number of hydrogen-bond donors (Lipinski definition) is 2. The minimum Gasteiger partial charge on any atom is -0.391 e. The summed E-state index contributed by atoms with van der Waals surface area (Å²) in [4.78, 5) is 10.6. The Hall–Kier alpha value is -1.36. The lowest BCUT2D eigenvalue weighted by Crippen LogP contribution is -2.23. The molecule has 0 aromatic carbocycles. The predicted molar refractivity (Wildman–Crippen MR) is 72.8 cm³/mol. The first-order valence-corrected chi connectivity index (χ1v) is 6.43. The fourth-order valence-electron chi connectivity index (χ4n) is 1.92. The Labute approximate surface area is 108 Å². The molecule has 2 rings (SSSR count). The first kappa shape index (κ1) is 13.1. The fraction of sp³-hybridized carbons (Fsp3) is 0.692. The van der Waals surface area contributed by atoms with Crippen molar-refractivity contribution in [1.29, 1.82) is 0 Å². The third-order valence-electron chi connectivity index (χ3n) is 2.94. The highest BCUT2D eigenvalue weighted by atomic mass is 16.3. The van der Waals surface area contributed by atoms with Crippen LogP contribution in [0, 0.1) is 5.41 Å².